The number of benzene rings is 1. The van der Waals surface area contributed by atoms with Crippen molar-refractivity contribution in [1.29, 1.82) is 0 Å². The van der Waals surface area contributed by atoms with Gasteiger partial charge in [-0.1, -0.05) is 0 Å². The number of nitro groups is 1. The van der Waals surface area contributed by atoms with Gasteiger partial charge in [-0.05, 0) is 12.1 Å². The van der Waals surface area contributed by atoms with E-state index >= 15 is 0 Å². The first kappa shape index (κ1) is 14.2. The van der Waals surface area contributed by atoms with Gasteiger partial charge in [0.2, 0.25) is 0 Å². The SMILES string of the molecule is Cn1c(=O)[nH]cc(C(=O)Nc2ccc([N+](=O)[O-])cc2)c1=O. The van der Waals surface area contributed by atoms with E-state index in [4.69, 9.17) is 0 Å². The minimum atomic E-state index is -0.738. The standard InChI is InChI=1S/C12H10N4O5/c1-15-11(18)9(6-13-12(15)19)10(17)14-7-2-4-8(5-3-7)16(20)21/h2-6H,1H3,(H,13,19)(H,14,17). The highest BCUT2D eigenvalue weighted by molar-refractivity contribution is 6.03. The second-order valence-corrected chi connectivity index (χ2v) is 4.13. The minimum Gasteiger partial charge on any atom is -0.322 e. The van der Waals surface area contributed by atoms with Crippen molar-refractivity contribution in [3.05, 3.63) is 67.0 Å². The van der Waals surface area contributed by atoms with E-state index in [-0.39, 0.29) is 11.3 Å². The number of carbonyl (C=O) groups is 1. The highest BCUT2D eigenvalue weighted by Crippen LogP contribution is 2.15. The van der Waals surface area contributed by atoms with Crippen LogP contribution in [0.25, 0.3) is 0 Å². The van der Waals surface area contributed by atoms with E-state index in [9.17, 15) is 24.5 Å². The Labute approximate surface area is 117 Å². The quantitative estimate of drug-likeness (QED) is 0.618. The molecule has 9 heteroatoms. The molecule has 2 N–H and O–H groups in total. The number of amides is 1. The fourth-order valence-electron chi connectivity index (χ4n) is 1.59. The number of non-ortho nitro benzene ring substituents is 1. The molecule has 0 fully saturated rings. The Morgan fingerprint density at radius 2 is 1.90 bits per heavy atom. The van der Waals surface area contributed by atoms with Gasteiger partial charge in [-0.3, -0.25) is 24.3 Å². The second kappa shape index (κ2) is 5.41. The largest absolute Gasteiger partial charge is 0.328 e. The van der Waals surface area contributed by atoms with Gasteiger partial charge in [0, 0.05) is 31.1 Å². The fourth-order valence-corrected chi connectivity index (χ4v) is 1.59. The molecule has 9 nitrogen and oxygen atoms in total. The summed E-state index contributed by atoms with van der Waals surface area (Å²) < 4.78 is 0.769. The maximum absolute atomic E-state index is 11.9. The van der Waals surface area contributed by atoms with Gasteiger partial charge in [-0.2, -0.15) is 0 Å². The van der Waals surface area contributed by atoms with E-state index in [1.807, 2.05) is 0 Å². The summed E-state index contributed by atoms with van der Waals surface area (Å²) in [6, 6.07) is 5.12. The number of rotatable bonds is 3. The van der Waals surface area contributed by atoms with Crippen molar-refractivity contribution in [2.24, 2.45) is 7.05 Å². The van der Waals surface area contributed by atoms with Gasteiger partial charge in [0.05, 0.1) is 4.92 Å². The third kappa shape index (κ3) is 2.86. The first-order valence-electron chi connectivity index (χ1n) is 5.74. The van der Waals surface area contributed by atoms with E-state index in [0.29, 0.717) is 5.69 Å². The smallest absolute Gasteiger partial charge is 0.322 e. The average molecular weight is 290 g/mol. The number of nitro benzene ring substituents is 1. The van der Waals surface area contributed by atoms with Crippen molar-refractivity contribution in [2.75, 3.05) is 5.32 Å². The minimum absolute atomic E-state index is 0.118. The predicted octanol–water partition coefficient (Wildman–Crippen LogP) is 0.234. The van der Waals surface area contributed by atoms with Crippen LogP contribution in [0, 0.1) is 10.1 Å². The van der Waals surface area contributed by atoms with Crippen molar-refractivity contribution in [1.82, 2.24) is 9.55 Å². The van der Waals surface area contributed by atoms with Crippen LogP contribution in [0.3, 0.4) is 0 Å². The van der Waals surface area contributed by atoms with E-state index in [1.54, 1.807) is 0 Å². The van der Waals surface area contributed by atoms with Crippen molar-refractivity contribution in [3.8, 4) is 0 Å². The molecule has 0 aliphatic heterocycles. The second-order valence-electron chi connectivity index (χ2n) is 4.13. The maximum atomic E-state index is 11.9. The molecule has 0 bridgehead atoms. The molecular formula is C12H10N4O5. The molecule has 1 heterocycles. The molecule has 21 heavy (non-hydrogen) atoms. The number of aromatic nitrogens is 2. The molecule has 0 radical (unpaired) electrons. The van der Waals surface area contributed by atoms with Gasteiger partial charge in [-0.15, -0.1) is 0 Å². The molecule has 0 atom stereocenters. The summed E-state index contributed by atoms with van der Waals surface area (Å²) in [6.07, 6.45) is 1.02. The lowest BCUT2D eigenvalue weighted by atomic mass is 10.2. The molecule has 108 valence electrons. The highest BCUT2D eigenvalue weighted by atomic mass is 16.6. The Morgan fingerprint density at radius 3 is 2.48 bits per heavy atom. The first-order valence-corrected chi connectivity index (χ1v) is 5.74. The zero-order valence-corrected chi connectivity index (χ0v) is 10.8. The van der Waals surface area contributed by atoms with Crippen molar-refractivity contribution in [3.63, 3.8) is 0 Å². The Hall–Kier alpha value is -3.23. The van der Waals surface area contributed by atoms with Gasteiger partial charge in [0.15, 0.2) is 0 Å². The van der Waals surface area contributed by atoms with Gasteiger partial charge in [-0.25, -0.2) is 4.79 Å². The van der Waals surface area contributed by atoms with Crippen molar-refractivity contribution >= 4 is 17.3 Å². The lowest BCUT2D eigenvalue weighted by Gasteiger charge is -2.05. The summed E-state index contributed by atoms with van der Waals surface area (Å²) in [5.41, 5.74) is -1.44. The topological polar surface area (TPSA) is 127 Å². The van der Waals surface area contributed by atoms with E-state index in [2.05, 4.69) is 10.3 Å². The number of nitrogens with zero attached hydrogens (tertiary/aromatic N) is 2. The van der Waals surface area contributed by atoms with Crippen molar-refractivity contribution < 1.29 is 9.72 Å². The molecule has 1 amide bonds. The summed E-state index contributed by atoms with van der Waals surface area (Å²) in [7, 11) is 1.24. The molecule has 1 aromatic heterocycles. The molecule has 0 saturated carbocycles. The molecule has 0 saturated heterocycles. The van der Waals surface area contributed by atoms with Gasteiger partial charge >= 0.3 is 5.69 Å². The molecule has 0 spiro atoms. The average Bonchev–Trinajstić information content (AvgIpc) is 2.45. The monoisotopic (exact) mass is 290 g/mol. The van der Waals surface area contributed by atoms with E-state index in [1.165, 1.54) is 31.3 Å². The van der Waals surface area contributed by atoms with Crippen LogP contribution in [0.2, 0.25) is 0 Å². The van der Waals surface area contributed by atoms with Crippen LogP contribution in [0.5, 0.6) is 0 Å². The highest BCUT2D eigenvalue weighted by Gasteiger charge is 2.13. The number of hydrogen-bond acceptors (Lipinski definition) is 5. The lowest BCUT2D eigenvalue weighted by molar-refractivity contribution is -0.384. The molecule has 2 rings (SSSR count). The predicted molar refractivity (Wildman–Crippen MR) is 73.4 cm³/mol. The first-order chi connectivity index (χ1) is 9.90. The third-order valence-corrected chi connectivity index (χ3v) is 2.76. The number of nitrogens with one attached hydrogen (secondary N) is 2. The Bertz CT molecular complexity index is 819. The van der Waals surface area contributed by atoms with Crippen LogP contribution in [0.1, 0.15) is 10.4 Å². The Kier molecular flexibility index (Phi) is 3.65. The van der Waals surface area contributed by atoms with Crippen LogP contribution in [-0.4, -0.2) is 20.4 Å². The zero-order chi connectivity index (χ0) is 15.6. The molecule has 0 unspecified atom stereocenters. The maximum Gasteiger partial charge on any atom is 0.328 e. The Balaban J connectivity index is 2.26. The van der Waals surface area contributed by atoms with Crippen LogP contribution in [-0.2, 0) is 7.05 Å². The van der Waals surface area contributed by atoms with E-state index in [0.717, 1.165) is 10.8 Å². The molecule has 0 aliphatic carbocycles. The van der Waals surface area contributed by atoms with Crippen LogP contribution >= 0.6 is 0 Å². The third-order valence-electron chi connectivity index (χ3n) is 2.76. The van der Waals surface area contributed by atoms with Gasteiger partial charge in [0.25, 0.3) is 17.2 Å². The van der Waals surface area contributed by atoms with Crippen LogP contribution < -0.4 is 16.6 Å². The van der Waals surface area contributed by atoms with Crippen LogP contribution in [0.15, 0.2) is 40.1 Å². The van der Waals surface area contributed by atoms with E-state index < -0.39 is 22.1 Å². The molecule has 2 aromatic rings. The number of H-pyrrole nitrogens is 1. The normalized spacial score (nSPS) is 10.1. The number of anilines is 1. The van der Waals surface area contributed by atoms with Crippen molar-refractivity contribution in [2.45, 2.75) is 0 Å². The summed E-state index contributed by atoms with van der Waals surface area (Å²) in [4.78, 5) is 47.1. The number of aromatic amines is 1. The van der Waals surface area contributed by atoms with Gasteiger partial charge < -0.3 is 10.3 Å². The molecular weight excluding hydrogens is 280 g/mol. The number of hydrogen-bond donors (Lipinski definition) is 2. The van der Waals surface area contributed by atoms with Gasteiger partial charge in [0.1, 0.15) is 5.56 Å². The molecule has 0 aliphatic rings. The summed E-state index contributed by atoms with van der Waals surface area (Å²) in [6.45, 7) is 0. The molecule has 1 aromatic carbocycles. The summed E-state index contributed by atoms with van der Waals surface area (Å²) in [5, 5.41) is 12.9. The van der Waals surface area contributed by atoms with Crippen LogP contribution in [0.4, 0.5) is 11.4 Å². The summed E-state index contributed by atoms with van der Waals surface area (Å²) >= 11 is 0. The fraction of sp³-hybridized carbons (Fsp3) is 0.0833. The number of carbonyl (C=O) groups excluding carboxylic acids is 1. The lowest BCUT2D eigenvalue weighted by Crippen LogP contribution is -2.37. The Morgan fingerprint density at radius 1 is 1.29 bits per heavy atom. The zero-order valence-electron chi connectivity index (χ0n) is 10.8. The summed E-state index contributed by atoms with van der Waals surface area (Å²) in [5.74, 6) is -0.722.